The second-order valence-corrected chi connectivity index (χ2v) is 4.28. The summed E-state index contributed by atoms with van der Waals surface area (Å²) >= 11 is 0. The predicted molar refractivity (Wildman–Crippen MR) is 74.6 cm³/mol. The van der Waals surface area contributed by atoms with Crippen LogP contribution in [0, 0.1) is 0 Å². The molecule has 3 nitrogen and oxygen atoms in total. The highest BCUT2D eigenvalue weighted by Crippen LogP contribution is 2.16. The highest BCUT2D eigenvalue weighted by molar-refractivity contribution is 5.42. The second kappa shape index (κ2) is 7.28. The van der Waals surface area contributed by atoms with Crippen LogP contribution in [0.3, 0.4) is 0 Å². The number of hydrogen-bond donors (Lipinski definition) is 1. The number of aromatic nitrogens is 1. The third kappa shape index (κ3) is 4.00. The Bertz CT molecular complexity index is 308. The van der Waals surface area contributed by atoms with Crippen molar-refractivity contribution in [2.24, 2.45) is 0 Å². The molecule has 0 spiro atoms. The van der Waals surface area contributed by atoms with Crippen LogP contribution >= 0.6 is 0 Å². The summed E-state index contributed by atoms with van der Waals surface area (Å²) in [7, 11) is 1.98. The Morgan fingerprint density at radius 2 is 1.88 bits per heavy atom. The number of hydrogen-bond acceptors (Lipinski definition) is 3. The van der Waals surface area contributed by atoms with Crippen LogP contribution in [0.1, 0.15) is 38.4 Å². The van der Waals surface area contributed by atoms with Crippen molar-refractivity contribution < 1.29 is 0 Å². The third-order valence-corrected chi connectivity index (χ3v) is 2.90. The van der Waals surface area contributed by atoms with Crippen molar-refractivity contribution in [3.63, 3.8) is 0 Å². The van der Waals surface area contributed by atoms with E-state index in [1.807, 2.05) is 7.05 Å². The molecule has 0 unspecified atom stereocenters. The van der Waals surface area contributed by atoms with Gasteiger partial charge in [0.05, 0.1) is 0 Å². The summed E-state index contributed by atoms with van der Waals surface area (Å²) in [5.41, 5.74) is 2.54. The number of nitrogens with one attached hydrogen (secondary N) is 1. The summed E-state index contributed by atoms with van der Waals surface area (Å²) in [6.45, 7) is 9.48. The lowest BCUT2D eigenvalue weighted by Gasteiger charge is -2.21. The maximum atomic E-state index is 4.75. The molecule has 0 amide bonds. The van der Waals surface area contributed by atoms with Crippen molar-refractivity contribution >= 4 is 5.82 Å². The minimum atomic E-state index is 0.910. The van der Waals surface area contributed by atoms with E-state index < -0.39 is 0 Å². The van der Waals surface area contributed by atoms with E-state index >= 15 is 0 Å². The average Bonchev–Trinajstić information content (AvgIpc) is 2.31. The van der Waals surface area contributed by atoms with Gasteiger partial charge in [0.2, 0.25) is 0 Å². The molecule has 0 aliphatic carbocycles. The highest BCUT2D eigenvalue weighted by Gasteiger charge is 2.07. The van der Waals surface area contributed by atoms with Gasteiger partial charge in [-0.2, -0.15) is 0 Å². The van der Waals surface area contributed by atoms with Crippen LogP contribution < -0.4 is 10.2 Å². The van der Waals surface area contributed by atoms with E-state index in [4.69, 9.17) is 4.98 Å². The largest absolute Gasteiger partial charge is 0.357 e. The zero-order valence-corrected chi connectivity index (χ0v) is 11.6. The van der Waals surface area contributed by atoms with Crippen LogP contribution in [-0.2, 0) is 13.0 Å². The molecule has 1 rings (SSSR count). The molecule has 0 radical (unpaired) electrons. The van der Waals surface area contributed by atoms with Gasteiger partial charge in [-0.05, 0) is 45.0 Å². The van der Waals surface area contributed by atoms with Crippen LogP contribution in [0.5, 0.6) is 0 Å². The summed E-state index contributed by atoms with van der Waals surface area (Å²) in [5, 5.41) is 3.21. The molecule has 1 N–H and O–H groups in total. The third-order valence-electron chi connectivity index (χ3n) is 2.90. The highest BCUT2D eigenvalue weighted by atomic mass is 15.2. The molecule has 0 saturated carbocycles. The minimum Gasteiger partial charge on any atom is -0.357 e. The SMILES string of the molecule is CCCc1cc(CNC)cc(N(CC)CC)n1. The van der Waals surface area contributed by atoms with E-state index in [1.54, 1.807) is 0 Å². The van der Waals surface area contributed by atoms with E-state index in [0.29, 0.717) is 0 Å². The van der Waals surface area contributed by atoms with Gasteiger partial charge in [0, 0.05) is 25.3 Å². The Morgan fingerprint density at radius 3 is 2.41 bits per heavy atom. The van der Waals surface area contributed by atoms with E-state index in [1.165, 1.54) is 11.3 Å². The molecule has 0 aliphatic rings. The molecule has 1 aromatic heterocycles. The molecule has 1 aromatic rings. The summed E-state index contributed by atoms with van der Waals surface area (Å²) in [6.07, 6.45) is 2.21. The quantitative estimate of drug-likeness (QED) is 0.787. The van der Waals surface area contributed by atoms with Gasteiger partial charge in [0.15, 0.2) is 0 Å². The van der Waals surface area contributed by atoms with Crippen molar-refractivity contribution in [1.29, 1.82) is 0 Å². The van der Waals surface area contributed by atoms with Crippen LogP contribution in [0.4, 0.5) is 5.82 Å². The molecule has 0 fully saturated rings. The fraction of sp³-hybridized carbons (Fsp3) is 0.643. The van der Waals surface area contributed by atoms with Crippen molar-refractivity contribution in [1.82, 2.24) is 10.3 Å². The van der Waals surface area contributed by atoms with E-state index in [-0.39, 0.29) is 0 Å². The molecule has 96 valence electrons. The lowest BCUT2D eigenvalue weighted by molar-refractivity contribution is 0.789. The Labute approximate surface area is 105 Å². The van der Waals surface area contributed by atoms with Crippen LogP contribution in [0.25, 0.3) is 0 Å². The van der Waals surface area contributed by atoms with Gasteiger partial charge in [-0.1, -0.05) is 13.3 Å². The molecule has 0 aliphatic heterocycles. The first kappa shape index (κ1) is 14.0. The van der Waals surface area contributed by atoms with Crippen LogP contribution in [-0.4, -0.2) is 25.1 Å². The van der Waals surface area contributed by atoms with Gasteiger partial charge >= 0.3 is 0 Å². The standard InChI is InChI=1S/C14H25N3/c1-5-8-13-9-12(11-15-4)10-14(16-13)17(6-2)7-3/h9-10,15H,5-8,11H2,1-4H3. The summed E-state index contributed by atoms with van der Waals surface area (Å²) in [4.78, 5) is 7.05. The molecule has 3 heteroatoms. The van der Waals surface area contributed by atoms with E-state index in [9.17, 15) is 0 Å². The second-order valence-electron chi connectivity index (χ2n) is 4.28. The van der Waals surface area contributed by atoms with Crippen molar-refractivity contribution in [3.8, 4) is 0 Å². The van der Waals surface area contributed by atoms with Gasteiger partial charge in [0.25, 0.3) is 0 Å². The fourth-order valence-electron chi connectivity index (χ4n) is 2.03. The van der Waals surface area contributed by atoms with Crippen molar-refractivity contribution in [3.05, 3.63) is 23.4 Å². The monoisotopic (exact) mass is 235 g/mol. The van der Waals surface area contributed by atoms with E-state index in [0.717, 1.165) is 38.3 Å². The Kier molecular flexibility index (Phi) is 5.98. The molecule has 17 heavy (non-hydrogen) atoms. The lowest BCUT2D eigenvalue weighted by atomic mass is 10.1. The first-order valence-electron chi connectivity index (χ1n) is 6.64. The number of pyridine rings is 1. The smallest absolute Gasteiger partial charge is 0.129 e. The van der Waals surface area contributed by atoms with Crippen LogP contribution in [0.2, 0.25) is 0 Å². The topological polar surface area (TPSA) is 28.2 Å². The molecule has 0 bridgehead atoms. The van der Waals surface area contributed by atoms with Gasteiger partial charge in [-0.3, -0.25) is 0 Å². The zero-order valence-electron chi connectivity index (χ0n) is 11.6. The molecule has 1 heterocycles. The van der Waals surface area contributed by atoms with Gasteiger partial charge in [-0.15, -0.1) is 0 Å². The molecular formula is C14H25N3. The average molecular weight is 235 g/mol. The van der Waals surface area contributed by atoms with E-state index in [2.05, 4.69) is 43.1 Å². The van der Waals surface area contributed by atoms with Gasteiger partial charge in [0.1, 0.15) is 5.82 Å². The maximum Gasteiger partial charge on any atom is 0.129 e. The summed E-state index contributed by atoms with van der Waals surface area (Å²) in [6, 6.07) is 4.41. The lowest BCUT2D eigenvalue weighted by Crippen LogP contribution is -2.23. The molecule has 0 aromatic carbocycles. The predicted octanol–water partition coefficient (Wildman–Crippen LogP) is 2.60. The number of anilines is 1. The first-order valence-corrected chi connectivity index (χ1v) is 6.64. The Balaban J connectivity index is 3.01. The molecular weight excluding hydrogens is 210 g/mol. The molecule has 0 saturated heterocycles. The Morgan fingerprint density at radius 1 is 1.18 bits per heavy atom. The zero-order chi connectivity index (χ0) is 12.7. The number of rotatable bonds is 7. The first-order chi connectivity index (χ1) is 8.24. The minimum absolute atomic E-state index is 0.910. The molecule has 0 atom stereocenters. The fourth-order valence-corrected chi connectivity index (χ4v) is 2.03. The maximum absolute atomic E-state index is 4.75. The summed E-state index contributed by atoms with van der Waals surface area (Å²) < 4.78 is 0. The van der Waals surface area contributed by atoms with Gasteiger partial charge < -0.3 is 10.2 Å². The van der Waals surface area contributed by atoms with Crippen LogP contribution in [0.15, 0.2) is 12.1 Å². The number of nitrogens with zero attached hydrogens (tertiary/aromatic N) is 2. The van der Waals surface area contributed by atoms with Crippen molar-refractivity contribution in [2.75, 3.05) is 25.0 Å². The summed E-state index contributed by atoms with van der Waals surface area (Å²) in [5.74, 6) is 1.12. The normalized spacial score (nSPS) is 10.6. The number of aryl methyl sites for hydroxylation is 1. The Hall–Kier alpha value is -1.09. The van der Waals surface area contributed by atoms with Gasteiger partial charge in [-0.25, -0.2) is 4.98 Å². The van der Waals surface area contributed by atoms with Crippen molar-refractivity contribution in [2.45, 2.75) is 40.2 Å².